The second-order valence-electron chi connectivity index (χ2n) is 0. The molecule has 0 N–H and O–H groups in total. The molecule has 0 heterocycles. The van der Waals surface area contributed by atoms with E-state index in [2.05, 4.69) is 13.8 Å². The van der Waals surface area contributed by atoms with Gasteiger partial charge in [-0.2, -0.15) is 13.8 Å². The van der Waals surface area contributed by atoms with E-state index in [0.717, 1.165) is 0 Å². The van der Waals surface area contributed by atoms with Crippen molar-refractivity contribution in [3.8, 4) is 0 Å². The Bertz CT molecular complexity index is 9.65. The van der Waals surface area contributed by atoms with Gasteiger partial charge in [0.1, 0.15) is 0 Å². The van der Waals surface area contributed by atoms with Crippen molar-refractivity contribution in [2.45, 2.75) is 13.8 Å². The standard InChI is InChI=1S/2C2H5.2ClH.Ti/c2*1-2;;;/h2*1H2,2H3;2*1H;/q2*-1;;;+2. The van der Waals surface area contributed by atoms with Crippen LogP contribution in [-0.4, -0.2) is 0 Å². The molecule has 0 radical (unpaired) electrons. The molecule has 0 amide bonds. The van der Waals surface area contributed by atoms with Crippen molar-refractivity contribution in [2.24, 2.45) is 0 Å². The molecule has 0 aromatic rings. The van der Waals surface area contributed by atoms with Gasteiger partial charge in [-0.15, -0.1) is 24.8 Å². The van der Waals surface area contributed by atoms with Crippen LogP contribution in [-0.2, 0) is 21.7 Å². The third-order valence-electron chi connectivity index (χ3n) is 0. The first-order valence-electron chi connectivity index (χ1n) is 1.41. The minimum absolute atomic E-state index is 0. The fourth-order valence-electron chi connectivity index (χ4n) is 0. The molecule has 0 bridgehead atoms. The third-order valence-corrected chi connectivity index (χ3v) is 0. The average molecular weight is 179 g/mol. The van der Waals surface area contributed by atoms with Gasteiger partial charge >= 0.3 is 21.7 Å². The molecule has 0 saturated heterocycles. The Balaban J connectivity index is -0.00000000267. The van der Waals surface area contributed by atoms with E-state index in [1.807, 2.05) is 0 Å². The van der Waals surface area contributed by atoms with Gasteiger partial charge in [0.25, 0.3) is 0 Å². The number of rotatable bonds is 0. The maximum absolute atomic E-state index is 3.25. The molecule has 0 rings (SSSR count). The second-order valence-corrected chi connectivity index (χ2v) is 0. The predicted octanol–water partition coefficient (Wildman–Crippen LogP) is 2.52. The van der Waals surface area contributed by atoms with Crippen LogP contribution >= 0.6 is 24.8 Å². The zero-order valence-corrected chi connectivity index (χ0v) is 7.93. The summed E-state index contributed by atoms with van der Waals surface area (Å²) in [4.78, 5) is 0. The zero-order valence-electron chi connectivity index (χ0n) is 4.73. The van der Waals surface area contributed by atoms with E-state index in [1.54, 1.807) is 13.8 Å². The van der Waals surface area contributed by atoms with E-state index < -0.39 is 0 Å². The first kappa shape index (κ1) is 40.7. The van der Waals surface area contributed by atoms with E-state index in [0.29, 0.717) is 0 Å². The summed E-state index contributed by atoms with van der Waals surface area (Å²) in [6.07, 6.45) is 0. The fraction of sp³-hybridized carbons (Fsp3) is 0.500. The van der Waals surface area contributed by atoms with Gasteiger partial charge in [0.2, 0.25) is 0 Å². The van der Waals surface area contributed by atoms with Crippen LogP contribution in [0.2, 0.25) is 0 Å². The van der Waals surface area contributed by atoms with Crippen LogP contribution in [0.4, 0.5) is 0 Å². The summed E-state index contributed by atoms with van der Waals surface area (Å²) in [5.41, 5.74) is 0. The van der Waals surface area contributed by atoms with Crippen molar-refractivity contribution < 1.29 is 21.7 Å². The number of hydrogen-bond acceptors (Lipinski definition) is 0. The summed E-state index contributed by atoms with van der Waals surface area (Å²) >= 11 is 0. The zero-order chi connectivity index (χ0) is 4.00. The van der Waals surface area contributed by atoms with E-state index >= 15 is 0 Å². The molecule has 0 aliphatic heterocycles. The van der Waals surface area contributed by atoms with Gasteiger partial charge in [-0.25, -0.2) is 0 Å². The molecular formula is C4H12Cl2Ti. The van der Waals surface area contributed by atoms with E-state index in [-0.39, 0.29) is 46.5 Å². The molecule has 0 fully saturated rings. The van der Waals surface area contributed by atoms with Crippen LogP contribution in [0.1, 0.15) is 13.8 Å². The van der Waals surface area contributed by atoms with Gasteiger partial charge in [-0.1, -0.05) is 0 Å². The Kier molecular flexibility index (Phi) is 1000. The van der Waals surface area contributed by atoms with Crippen LogP contribution < -0.4 is 0 Å². The summed E-state index contributed by atoms with van der Waals surface area (Å²) in [6.45, 7) is 10.0. The Morgan fingerprint density at radius 1 is 0.714 bits per heavy atom. The number of halogens is 2. The van der Waals surface area contributed by atoms with Gasteiger partial charge < -0.3 is 13.8 Å². The molecule has 0 saturated carbocycles. The van der Waals surface area contributed by atoms with Gasteiger partial charge in [-0.05, 0) is 0 Å². The summed E-state index contributed by atoms with van der Waals surface area (Å²) in [7, 11) is 0. The number of hydrogen-bond donors (Lipinski definition) is 0. The van der Waals surface area contributed by atoms with E-state index in [9.17, 15) is 0 Å². The van der Waals surface area contributed by atoms with Crippen molar-refractivity contribution in [2.75, 3.05) is 0 Å². The average Bonchev–Trinajstić information content (AvgIpc) is 1.50. The smallest absolute Gasteiger partial charge is 0.346 e. The Morgan fingerprint density at radius 3 is 0.714 bits per heavy atom. The topological polar surface area (TPSA) is 0 Å². The van der Waals surface area contributed by atoms with Crippen molar-refractivity contribution in [1.29, 1.82) is 0 Å². The van der Waals surface area contributed by atoms with E-state index in [1.165, 1.54) is 0 Å². The van der Waals surface area contributed by atoms with Crippen molar-refractivity contribution >= 4 is 24.8 Å². The molecule has 0 nitrogen and oxygen atoms in total. The second kappa shape index (κ2) is 173. The maximum atomic E-state index is 3.25. The molecule has 0 aromatic carbocycles. The Hall–Kier alpha value is 1.29. The SMILES string of the molecule is Cl.Cl.[CH2-]C.[CH2-]C.[Ti+2]. The fourth-order valence-corrected chi connectivity index (χ4v) is 0. The quantitative estimate of drug-likeness (QED) is 0.395. The normalized spacial score (nSPS) is 1.71. The van der Waals surface area contributed by atoms with Crippen molar-refractivity contribution in [3.05, 3.63) is 13.8 Å². The van der Waals surface area contributed by atoms with Crippen LogP contribution in [0.3, 0.4) is 0 Å². The first-order chi connectivity index (χ1) is 2.00. The Morgan fingerprint density at radius 2 is 0.714 bits per heavy atom. The molecular weight excluding hydrogens is 167 g/mol. The molecule has 7 heavy (non-hydrogen) atoms. The van der Waals surface area contributed by atoms with Crippen LogP contribution in [0.25, 0.3) is 0 Å². The van der Waals surface area contributed by atoms with Crippen molar-refractivity contribution in [1.82, 2.24) is 0 Å². The van der Waals surface area contributed by atoms with Crippen LogP contribution in [0.5, 0.6) is 0 Å². The summed E-state index contributed by atoms with van der Waals surface area (Å²) in [5, 5.41) is 0. The maximum Gasteiger partial charge on any atom is 2.00 e. The Labute approximate surface area is 74.2 Å². The van der Waals surface area contributed by atoms with Crippen LogP contribution in [0, 0.1) is 13.8 Å². The predicted molar refractivity (Wildman–Crippen MR) is 36.6 cm³/mol. The first-order valence-corrected chi connectivity index (χ1v) is 1.41. The molecule has 3 heteroatoms. The minimum Gasteiger partial charge on any atom is -0.346 e. The van der Waals surface area contributed by atoms with Gasteiger partial charge in [0.15, 0.2) is 0 Å². The molecule has 46 valence electrons. The van der Waals surface area contributed by atoms with Crippen molar-refractivity contribution in [3.63, 3.8) is 0 Å². The summed E-state index contributed by atoms with van der Waals surface area (Å²) in [5.74, 6) is 0. The van der Waals surface area contributed by atoms with Gasteiger partial charge in [0.05, 0.1) is 0 Å². The monoisotopic (exact) mass is 178 g/mol. The summed E-state index contributed by atoms with van der Waals surface area (Å²) < 4.78 is 0. The largest absolute Gasteiger partial charge is 2.00 e. The molecule has 0 aliphatic carbocycles. The van der Waals surface area contributed by atoms with E-state index in [4.69, 9.17) is 0 Å². The molecule has 0 aliphatic rings. The molecule has 0 spiro atoms. The minimum atomic E-state index is 0. The van der Waals surface area contributed by atoms with Crippen LogP contribution in [0.15, 0.2) is 0 Å². The molecule has 0 unspecified atom stereocenters. The molecule has 0 aromatic heterocycles. The van der Waals surface area contributed by atoms with Gasteiger partial charge in [-0.3, -0.25) is 0 Å². The summed E-state index contributed by atoms with van der Waals surface area (Å²) in [6, 6.07) is 0. The van der Waals surface area contributed by atoms with Gasteiger partial charge in [0, 0.05) is 0 Å². The molecule has 0 atom stereocenters. The third kappa shape index (κ3) is 122.